The van der Waals surface area contributed by atoms with Gasteiger partial charge in [0.25, 0.3) is 5.91 Å². The van der Waals surface area contributed by atoms with Crippen LogP contribution in [0.4, 0.5) is 11.4 Å². The van der Waals surface area contributed by atoms with E-state index in [-0.39, 0.29) is 11.8 Å². The topological polar surface area (TPSA) is 64.7 Å². The molecule has 3 aromatic rings. The number of rotatable bonds is 8. The van der Waals surface area contributed by atoms with E-state index < -0.39 is 6.04 Å². The molecule has 33 heavy (non-hydrogen) atoms. The van der Waals surface area contributed by atoms with Crippen LogP contribution in [0.3, 0.4) is 0 Å². The highest BCUT2D eigenvalue weighted by Gasteiger charge is 2.23. The largest absolute Gasteiger partial charge is 0.369 e. The zero-order valence-corrected chi connectivity index (χ0v) is 19.7. The number of nitrogens with one attached hydrogen (secondary N) is 2. The predicted octanol–water partition coefficient (Wildman–Crippen LogP) is 3.87. The van der Waals surface area contributed by atoms with Crippen molar-refractivity contribution in [3.05, 3.63) is 82.6 Å². The zero-order chi connectivity index (χ0) is 23.0. The molecule has 0 radical (unpaired) electrons. The quantitative estimate of drug-likeness (QED) is 0.533. The van der Waals surface area contributed by atoms with Gasteiger partial charge in [-0.05, 0) is 47.8 Å². The van der Waals surface area contributed by atoms with Crippen LogP contribution in [0.5, 0.6) is 0 Å². The van der Waals surface area contributed by atoms with Gasteiger partial charge < -0.3 is 20.4 Å². The van der Waals surface area contributed by atoms with Crippen LogP contribution in [0.1, 0.15) is 22.2 Å². The van der Waals surface area contributed by atoms with E-state index in [1.165, 1.54) is 11.3 Å². The Morgan fingerprint density at radius 2 is 1.67 bits per heavy atom. The van der Waals surface area contributed by atoms with Gasteiger partial charge in [0.05, 0.1) is 4.88 Å². The van der Waals surface area contributed by atoms with Gasteiger partial charge in [0.1, 0.15) is 6.04 Å². The van der Waals surface area contributed by atoms with Gasteiger partial charge in [-0.15, -0.1) is 11.3 Å². The van der Waals surface area contributed by atoms with E-state index in [9.17, 15) is 9.59 Å². The fourth-order valence-electron chi connectivity index (χ4n) is 4.00. The summed E-state index contributed by atoms with van der Waals surface area (Å²) in [6.45, 7) is 7.44. The van der Waals surface area contributed by atoms with E-state index in [0.29, 0.717) is 11.3 Å². The molecule has 0 bridgehead atoms. The smallest absolute Gasteiger partial charge is 0.262 e. The van der Waals surface area contributed by atoms with Crippen LogP contribution in [0.15, 0.2) is 72.1 Å². The average Bonchev–Trinajstić information content (AvgIpc) is 3.40. The van der Waals surface area contributed by atoms with E-state index >= 15 is 0 Å². The minimum Gasteiger partial charge on any atom is -0.369 e. The van der Waals surface area contributed by atoms with Gasteiger partial charge in [-0.2, -0.15) is 0 Å². The molecule has 2 N–H and O–H groups in total. The molecule has 172 valence electrons. The van der Waals surface area contributed by atoms with Crippen LogP contribution in [-0.4, -0.2) is 55.5 Å². The Bertz CT molecular complexity index is 1030. The number of benzene rings is 2. The summed E-state index contributed by atoms with van der Waals surface area (Å²) in [6.07, 6.45) is 0.420. The second-order valence-electron chi connectivity index (χ2n) is 8.15. The van der Waals surface area contributed by atoms with Crippen LogP contribution in [0.2, 0.25) is 0 Å². The van der Waals surface area contributed by atoms with Crippen LogP contribution < -0.4 is 15.5 Å². The van der Waals surface area contributed by atoms with Gasteiger partial charge in [0.2, 0.25) is 5.91 Å². The summed E-state index contributed by atoms with van der Waals surface area (Å²) in [5.41, 5.74) is 2.88. The molecule has 0 spiro atoms. The summed E-state index contributed by atoms with van der Waals surface area (Å²) >= 11 is 1.36. The Kier molecular flexibility index (Phi) is 7.75. The SMILES string of the molecule is CCN1CCN(c2ccc(NC(=O)[C@H](Cc3ccccc3)NC(=O)c3cccs3)cc2)CC1. The second-order valence-corrected chi connectivity index (χ2v) is 9.10. The third-order valence-corrected chi connectivity index (χ3v) is 6.84. The lowest BCUT2D eigenvalue weighted by Crippen LogP contribution is -2.46. The van der Waals surface area contributed by atoms with E-state index in [1.807, 2.05) is 66.0 Å². The Balaban J connectivity index is 1.41. The fourth-order valence-corrected chi connectivity index (χ4v) is 4.63. The summed E-state index contributed by atoms with van der Waals surface area (Å²) in [5.74, 6) is -0.462. The number of thiophene rings is 1. The lowest BCUT2D eigenvalue weighted by Gasteiger charge is -2.35. The molecule has 1 fully saturated rings. The molecule has 1 aliphatic heterocycles. The molecule has 1 atom stereocenters. The molecule has 4 rings (SSSR count). The minimum atomic E-state index is -0.677. The molecule has 0 unspecified atom stereocenters. The third-order valence-electron chi connectivity index (χ3n) is 5.97. The van der Waals surface area contributed by atoms with Gasteiger partial charge in [-0.1, -0.05) is 43.3 Å². The number of piperazine rings is 1. The van der Waals surface area contributed by atoms with Crippen molar-refractivity contribution in [1.29, 1.82) is 0 Å². The zero-order valence-electron chi connectivity index (χ0n) is 18.9. The first-order valence-electron chi connectivity index (χ1n) is 11.4. The maximum absolute atomic E-state index is 13.1. The van der Waals surface area contributed by atoms with Crippen molar-refractivity contribution in [2.24, 2.45) is 0 Å². The maximum atomic E-state index is 13.1. The minimum absolute atomic E-state index is 0.229. The lowest BCUT2D eigenvalue weighted by molar-refractivity contribution is -0.118. The molecule has 6 nitrogen and oxygen atoms in total. The van der Waals surface area contributed by atoms with Crippen molar-refractivity contribution in [1.82, 2.24) is 10.2 Å². The first-order valence-corrected chi connectivity index (χ1v) is 12.3. The molecular formula is C26H30N4O2S. The molecule has 2 amide bonds. The van der Waals surface area contributed by atoms with Gasteiger partial charge in [-0.25, -0.2) is 0 Å². The second kappa shape index (κ2) is 11.1. The third kappa shape index (κ3) is 6.21. The van der Waals surface area contributed by atoms with Crippen LogP contribution >= 0.6 is 11.3 Å². The maximum Gasteiger partial charge on any atom is 0.262 e. The van der Waals surface area contributed by atoms with Crippen molar-refractivity contribution in [3.63, 3.8) is 0 Å². The summed E-state index contributed by atoms with van der Waals surface area (Å²) in [5, 5.41) is 7.74. The summed E-state index contributed by atoms with van der Waals surface area (Å²) < 4.78 is 0. The standard InChI is InChI=1S/C26H30N4O2S/c1-2-29-14-16-30(17-15-29)22-12-10-21(11-13-22)27-25(31)23(19-20-7-4-3-5-8-20)28-26(32)24-9-6-18-33-24/h3-13,18,23H,2,14-17,19H2,1H3,(H,27,31)(H,28,32)/t23-/m0/s1. The van der Waals surface area contributed by atoms with Crippen molar-refractivity contribution in [2.75, 3.05) is 42.9 Å². The molecule has 2 aromatic carbocycles. The number of carbonyl (C=O) groups is 2. The summed E-state index contributed by atoms with van der Waals surface area (Å²) in [4.78, 5) is 31.2. The summed E-state index contributed by atoms with van der Waals surface area (Å²) in [6, 6.07) is 20.6. The Hall–Kier alpha value is -3.16. The van der Waals surface area contributed by atoms with Crippen molar-refractivity contribution < 1.29 is 9.59 Å². The molecule has 0 aliphatic carbocycles. The Morgan fingerprint density at radius 1 is 0.939 bits per heavy atom. The highest BCUT2D eigenvalue weighted by Crippen LogP contribution is 2.20. The predicted molar refractivity (Wildman–Crippen MR) is 135 cm³/mol. The number of nitrogens with zero attached hydrogens (tertiary/aromatic N) is 2. The monoisotopic (exact) mass is 462 g/mol. The number of carbonyl (C=O) groups excluding carboxylic acids is 2. The van der Waals surface area contributed by atoms with E-state index in [2.05, 4.69) is 27.4 Å². The van der Waals surface area contributed by atoms with Crippen LogP contribution in [0, 0.1) is 0 Å². The molecule has 1 saturated heterocycles. The van der Waals surface area contributed by atoms with Crippen molar-refractivity contribution >= 4 is 34.5 Å². The number of amides is 2. The molecule has 1 aromatic heterocycles. The summed E-state index contributed by atoms with van der Waals surface area (Å²) in [7, 11) is 0. The molecule has 0 saturated carbocycles. The van der Waals surface area contributed by atoms with Crippen molar-refractivity contribution in [2.45, 2.75) is 19.4 Å². The Morgan fingerprint density at radius 3 is 2.30 bits per heavy atom. The van der Waals surface area contributed by atoms with Gasteiger partial charge in [-0.3, -0.25) is 9.59 Å². The van der Waals surface area contributed by atoms with Gasteiger partial charge in [0, 0.05) is 44.0 Å². The fraction of sp³-hybridized carbons (Fsp3) is 0.308. The molecule has 1 aliphatic rings. The van der Waals surface area contributed by atoms with Gasteiger partial charge in [0.15, 0.2) is 0 Å². The van der Waals surface area contributed by atoms with Gasteiger partial charge >= 0.3 is 0 Å². The lowest BCUT2D eigenvalue weighted by atomic mass is 10.0. The van der Waals surface area contributed by atoms with Crippen LogP contribution in [-0.2, 0) is 11.2 Å². The highest BCUT2D eigenvalue weighted by molar-refractivity contribution is 7.12. The molecule has 2 heterocycles. The number of likely N-dealkylation sites (N-methyl/N-ethyl adjacent to an activating group) is 1. The number of anilines is 2. The normalized spacial score (nSPS) is 15.1. The van der Waals surface area contributed by atoms with Crippen LogP contribution in [0.25, 0.3) is 0 Å². The molecule has 7 heteroatoms. The first kappa shape index (κ1) is 23.0. The number of hydrogen-bond donors (Lipinski definition) is 2. The number of hydrogen-bond acceptors (Lipinski definition) is 5. The highest BCUT2D eigenvalue weighted by atomic mass is 32.1. The molecular weight excluding hydrogens is 432 g/mol. The average molecular weight is 463 g/mol. The van der Waals surface area contributed by atoms with Crippen molar-refractivity contribution in [3.8, 4) is 0 Å². The van der Waals surface area contributed by atoms with E-state index in [4.69, 9.17) is 0 Å². The first-order chi connectivity index (χ1) is 16.1. The van der Waals surface area contributed by atoms with E-state index in [1.54, 1.807) is 6.07 Å². The van der Waals surface area contributed by atoms with E-state index in [0.717, 1.165) is 49.7 Å². The Labute approximate surface area is 199 Å².